The van der Waals surface area contributed by atoms with Gasteiger partial charge in [0.05, 0.1) is 11.3 Å². The zero-order valence-corrected chi connectivity index (χ0v) is 17.6. The maximum absolute atomic E-state index is 9.64. The van der Waals surface area contributed by atoms with Gasteiger partial charge in [-0.1, -0.05) is 42.0 Å². The molecule has 0 amide bonds. The third kappa shape index (κ3) is 4.48. The van der Waals surface area contributed by atoms with Crippen LogP contribution in [0.25, 0.3) is 22.9 Å². The van der Waals surface area contributed by atoms with Crippen LogP contribution in [0.4, 0.5) is 0 Å². The monoisotopic (exact) mass is 412 g/mol. The number of nitrogens with zero attached hydrogens (tertiary/aromatic N) is 4. The van der Waals surface area contributed by atoms with E-state index in [1.807, 2.05) is 65.7 Å². The van der Waals surface area contributed by atoms with Crippen LogP contribution in [-0.2, 0) is 13.7 Å². The molecular weight excluding hydrogens is 392 g/mol. The Bertz CT molecular complexity index is 1210. The molecule has 0 aliphatic rings. The first-order chi connectivity index (χ1) is 14.6. The summed E-state index contributed by atoms with van der Waals surface area (Å²) in [6.07, 6.45) is 5.48. The van der Waals surface area contributed by atoms with Gasteiger partial charge in [0.1, 0.15) is 29.3 Å². The third-order valence-electron chi connectivity index (χ3n) is 4.68. The first kappa shape index (κ1) is 19.6. The van der Waals surface area contributed by atoms with Crippen LogP contribution in [0, 0.1) is 18.3 Å². The van der Waals surface area contributed by atoms with Gasteiger partial charge in [0.25, 0.3) is 0 Å². The number of benzene rings is 2. The number of thiazole rings is 1. The molecule has 4 rings (SSSR count). The molecule has 4 aromatic rings. The van der Waals surface area contributed by atoms with Crippen LogP contribution in [0.3, 0.4) is 0 Å². The molecule has 0 saturated carbocycles. The predicted molar refractivity (Wildman–Crippen MR) is 120 cm³/mol. The Hall–Kier alpha value is -3.69. The van der Waals surface area contributed by atoms with Gasteiger partial charge < -0.3 is 9.30 Å². The summed E-state index contributed by atoms with van der Waals surface area (Å²) >= 11 is 1.48. The molecule has 0 aliphatic heterocycles. The molecule has 2 aromatic heterocycles. The number of ether oxygens (including phenoxy) is 1. The Labute approximate surface area is 179 Å². The van der Waals surface area contributed by atoms with E-state index in [1.54, 1.807) is 6.20 Å². The first-order valence-electron chi connectivity index (χ1n) is 9.46. The molecule has 0 aliphatic carbocycles. The molecule has 6 heteroatoms. The van der Waals surface area contributed by atoms with Crippen molar-refractivity contribution in [1.29, 1.82) is 5.26 Å². The van der Waals surface area contributed by atoms with E-state index >= 15 is 0 Å². The Morgan fingerprint density at radius 1 is 1.17 bits per heavy atom. The van der Waals surface area contributed by atoms with Gasteiger partial charge in [-0.15, -0.1) is 11.3 Å². The molecule has 0 bridgehead atoms. The lowest BCUT2D eigenvalue weighted by Gasteiger charge is -2.06. The van der Waals surface area contributed by atoms with Gasteiger partial charge in [-0.2, -0.15) is 5.26 Å². The zero-order valence-electron chi connectivity index (χ0n) is 16.7. The molecule has 0 atom stereocenters. The van der Waals surface area contributed by atoms with Gasteiger partial charge >= 0.3 is 0 Å². The third-order valence-corrected chi connectivity index (χ3v) is 5.56. The Morgan fingerprint density at radius 2 is 1.93 bits per heavy atom. The van der Waals surface area contributed by atoms with Crippen LogP contribution in [0.5, 0.6) is 5.75 Å². The lowest BCUT2D eigenvalue weighted by molar-refractivity contribution is 0.292. The number of nitriles is 1. The van der Waals surface area contributed by atoms with Gasteiger partial charge in [0, 0.05) is 30.4 Å². The lowest BCUT2D eigenvalue weighted by Crippen LogP contribution is -2.02. The summed E-state index contributed by atoms with van der Waals surface area (Å²) in [7, 11) is 1.94. The highest BCUT2D eigenvalue weighted by Gasteiger charge is 2.09. The minimum Gasteiger partial charge on any atom is -0.486 e. The molecule has 30 heavy (non-hydrogen) atoms. The normalized spacial score (nSPS) is 11.3. The van der Waals surface area contributed by atoms with Crippen molar-refractivity contribution in [2.75, 3.05) is 0 Å². The summed E-state index contributed by atoms with van der Waals surface area (Å²) < 4.78 is 7.71. The van der Waals surface area contributed by atoms with Crippen molar-refractivity contribution in [2.45, 2.75) is 13.5 Å². The van der Waals surface area contributed by atoms with Crippen molar-refractivity contribution < 1.29 is 4.74 Å². The maximum atomic E-state index is 9.64. The van der Waals surface area contributed by atoms with E-state index < -0.39 is 0 Å². The van der Waals surface area contributed by atoms with E-state index in [0.717, 1.165) is 28.4 Å². The molecule has 148 valence electrons. The largest absolute Gasteiger partial charge is 0.486 e. The fourth-order valence-corrected chi connectivity index (χ4v) is 3.70. The van der Waals surface area contributed by atoms with Gasteiger partial charge in [0.15, 0.2) is 0 Å². The van der Waals surface area contributed by atoms with E-state index in [0.29, 0.717) is 17.2 Å². The molecule has 0 saturated heterocycles. The van der Waals surface area contributed by atoms with Crippen molar-refractivity contribution in [3.05, 3.63) is 88.3 Å². The Balaban J connectivity index is 1.48. The highest BCUT2D eigenvalue weighted by Crippen LogP contribution is 2.27. The van der Waals surface area contributed by atoms with Gasteiger partial charge in [-0.3, -0.25) is 0 Å². The van der Waals surface area contributed by atoms with E-state index in [1.165, 1.54) is 16.9 Å². The van der Waals surface area contributed by atoms with E-state index in [9.17, 15) is 5.26 Å². The summed E-state index contributed by atoms with van der Waals surface area (Å²) in [6.45, 7) is 2.46. The van der Waals surface area contributed by atoms with Crippen molar-refractivity contribution in [3.63, 3.8) is 0 Å². The highest BCUT2D eigenvalue weighted by atomic mass is 32.1. The van der Waals surface area contributed by atoms with Crippen molar-refractivity contribution >= 4 is 23.0 Å². The van der Waals surface area contributed by atoms with Crippen molar-refractivity contribution in [2.24, 2.45) is 7.05 Å². The Kier molecular flexibility index (Phi) is 5.73. The molecule has 0 N–H and O–H groups in total. The van der Waals surface area contributed by atoms with E-state index in [2.05, 4.69) is 35.1 Å². The van der Waals surface area contributed by atoms with E-state index in [-0.39, 0.29) is 0 Å². The molecule has 0 unspecified atom stereocenters. The van der Waals surface area contributed by atoms with Gasteiger partial charge in [0.2, 0.25) is 0 Å². The smallest absolute Gasteiger partial charge is 0.146 e. The fourth-order valence-electron chi connectivity index (χ4n) is 2.91. The molecule has 0 fully saturated rings. The summed E-state index contributed by atoms with van der Waals surface area (Å²) in [5.74, 6) is 1.61. The summed E-state index contributed by atoms with van der Waals surface area (Å²) in [4.78, 5) is 8.90. The number of allylic oxidation sites excluding steroid dienone is 1. The summed E-state index contributed by atoms with van der Waals surface area (Å²) in [5.41, 5.74) is 4.60. The molecule has 0 spiro atoms. The van der Waals surface area contributed by atoms with Gasteiger partial charge in [-0.05, 0) is 30.7 Å². The molecule has 0 radical (unpaired) electrons. The fraction of sp³-hybridized carbons (Fsp3) is 0.125. The average molecular weight is 413 g/mol. The molecular formula is C24H20N4OS. The van der Waals surface area contributed by atoms with Crippen LogP contribution in [0.15, 0.2) is 66.3 Å². The molecule has 2 heterocycles. The number of hydrogen-bond donors (Lipinski definition) is 0. The second kappa shape index (κ2) is 8.76. The van der Waals surface area contributed by atoms with Crippen LogP contribution in [0.2, 0.25) is 0 Å². The SMILES string of the molecule is Cc1ccc(-c2csc(C(C#N)=Cc3ccc(OCc4nccn4C)cc3)n2)cc1. The predicted octanol–water partition coefficient (Wildman–Crippen LogP) is 5.50. The molecule has 2 aromatic carbocycles. The number of aryl methyl sites for hydroxylation is 2. The molecule has 5 nitrogen and oxygen atoms in total. The zero-order chi connectivity index (χ0) is 20.9. The van der Waals surface area contributed by atoms with Crippen LogP contribution < -0.4 is 4.74 Å². The summed E-state index contributed by atoms with van der Waals surface area (Å²) in [6, 6.07) is 18.1. The van der Waals surface area contributed by atoms with Crippen molar-refractivity contribution in [1.82, 2.24) is 14.5 Å². The standard InChI is InChI=1S/C24H20N4OS/c1-17-3-7-19(8-4-17)22-16-30-24(27-22)20(14-25)13-18-5-9-21(10-6-18)29-15-23-26-11-12-28(23)2/h3-13,16H,15H2,1-2H3. The minimum absolute atomic E-state index is 0.406. The van der Waals surface area contributed by atoms with Crippen LogP contribution >= 0.6 is 11.3 Å². The number of imidazole rings is 1. The highest BCUT2D eigenvalue weighted by molar-refractivity contribution is 7.11. The number of hydrogen-bond acceptors (Lipinski definition) is 5. The minimum atomic E-state index is 0.406. The maximum Gasteiger partial charge on any atom is 0.146 e. The second-order valence-electron chi connectivity index (χ2n) is 6.89. The van der Waals surface area contributed by atoms with Crippen molar-refractivity contribution in [3.8, 4) is 23.1 Å². The lowest BCUT2D eigenvalue weighted by atomic mass is 10.1. The Morgan fingerprint density at radius 3 is 2.60 bits per heavy atom. The topological polar surface area (TPSA) is 63.7 Å². The van der Waals surface area contributed by atoms with E-state index in [4.69, 9.17) is 4.74 Å². The first-order valence-corrected chi connectivity index (χ1v) is 10.3. The number of rotatable bonds is 6. The average Bonchev–Trinajstić information content (AvgIpc) is 3.41. The van der Waals surface area contributed by atoms with Crippen LogP contribution in [0.1, 0.15) is 22.0 Å². The van der Waals surface area contributed by atoms with Crippen LogP contribution in [-0.4, -0.2) is 14.5 Å². The second-order valence-corrected chi connectivity index (χ2v) is 7.74. The summed E-state index contributed by atoms with van der Waals surface area (Å²) in [5, 5.41) is 12.3. The van der Waals surface area contributed by atoms with Gasteiger partial charge in [-0.25, -0.2) is 9.97 Å². The quantitative estimate of drug-likeness (QED) is 0.393. The number of aromatic nitrogens is 3.